The van der Waals surface area contributed by atoms with Crippen molar-refractivity contribution < 1.29 is 28.3 Å². The standard InChI is InChI=1S/C22H31N5O6/c1-13(2)16(24-21(30)33-22(4,5)6)18-26-27-19(32-18)25-17(28)14(3)23-20(29)31-12-15-10-8-7-9-11-15/h7-11,13-14,16H,12H2,1-6H3,(H,23,29)(H,24,30)(H,25,27,28)/t14-,16-/m0/s1. The number of benzene rings is 1. The summed E-state index contributed by atoms with van der Waals surface area (Å²) in [5.74, 6) is -0.571. The maximum Gasteiger partial charge on any atom is 0.408 e. The van der Waals surface area contributed by atoms with Gasteiger partial charge < -0.3 is 24.5 Å². The summed E-state index contributed by atoms with van der Waals surface area (Å²) in [4.78, 5) is 36.4. The summed E-state index contributed by atoms with van der Waals surface area (Å²) < 4.78 is 15.9. The highest BCUT2D eigenvalue weighted by atomic mass is 16.6. The van der Waals surface area contributed by atoms with Crippen LogP contribution >= 0.6 is 0 Å². The molecule has 3 N–H and O–H groups in total. The molecule has 1 aromatic carbocycles. The van der Waals surface area contributed by atoms with Crippen LogP contribution in [0, 0.1) is 5.92 Å². The van der Waals surface area contributed by atoms with E-state index in [0.717, 1.165) is 5.56 Å². The third-order valence-corrected chi connectivity index (χ3v) is 4.22. The highest BCUT2D eigenvalue weighted by Gasteiger charge is 2.28. The van der Waals surface area contributed by atoms with Gasteiger partial charge in [-0.15, -0.1) is 5.10 Å². The summed E-state index contributed by atoms with van der Waals surface area (Å²) in [5, 5.41) is 15.3. The van der Waals surface area contributed by atoms with Crippen molar-refractivity contribution >= 4 is 24.1 Å². The molecule has 2 rings (SSSR count). The van der Waals surface area contributed by atoms with Gasteiger partial charge in [-0.05, 0) is 39.2 Å². The molecule has 1 aromatic heterocycles. The SMILES string of the molecule is CC(C)[C@H](NC(=O)OC(C)(C)C)c1nnc(NC(=O)[C@H](C)NC(=O)OCc2ccccc2)o1. The number of aromatic nitrogens is 2. The molecule has 0 unspecified atom stereocenters. The van der Waals surface area contributed by atoms with E-state index in [-0.39, 0.29) is 24.4 Å². The molecule has 3 amide bonds. The lowest BCUT2D eigenvalue weighted by Gasteiger charge is -2.23. The number of carbonyl (C=O) groups excluding carboxylic acids is 3. The highest BCUT2D eigenvalue weighted by molar-refractivity contribution is 5.94. The second kappa shape index (κ2) is 11.3. The number of ether oxygens (including phenoxy) is 2. The first-order valence-corrected chi connectivity index (χ1v) is 10.6. The van der Waals surface area contributed by atoms with Crippen LogP contribution in [0.15, 0.2) is 34.7 Å². The van der Waals surface area contributed by atoms with Gasteiger partial charge in [-0.25, -0.2) is 9.59 Å². The Morgan fingerprint density at radius 1 is 1.00 bits per heavy atom. The number of hydrogen-bond donors (Lipinski definition) is 3. The first-order chi connectivity index (χ1) is 15.4. The topological polar surface area (TPSA) is 145 Å². The second-order valence-electron chi connectivity index (χ2n) is 8.73. The van der Waals surface area contributed by atoms with Crippen LogP contribution in [0.3, 0.4) is 0 Å². The molecule has 180 valence electrons. The lowest BCUT2D eigenvalue weighted by molar-refractivity contribution is -0.117. The Hall–Kier alpha value is -3.63. The zero-order valence-corrected chi connectivity index (χ0v) is 19.7. The Labute approximate surface area is 192 Å². The zero-order valence-electron chi connectivity index (χ0n) is 19.7. The highest BCUT2D eigenvalue weighted by Crippen LogP contribution is 2.22. The third kappa shape index (κ3) is 8.79. The summed E-state index contributed by atoms with van der Waals surface area (Å²) in [6, 6.07) is 7.44. The predicted molar refractivity (Wildman–Crippen MR) is 119 cm³/mol. The summed E-state index contributed by atoms with van der Waals surface area (Å²) in [5.41, 5.74) is 0.160. The van der Waals surface area contributed by atoms with Crippen LogP contribution in [0.1, 0.15) is 59.0 Å². The van der Waals surface area contributed by atoms with Crippen LogP contribution in [0.4, 0.5) is 15.6 Å². The second-order valence-corrected chi connectivity index (χ2v) is 8.73. The average Bonchev–Trinajstić information content (AvgIpc) is 3.17. The molecule has 0 radical (unpaired) electrons. The quantitative estimate of drug-likeness (QED) is 0.541. The van der Waals surface area contributed by atoms with Crippen molar-refractivity contribution in [2.24, 2.45) is 5.92 Å². The molecule has 0 spiro atoms. The minimum Gasteiger partial charge on any atom is -0.445 e. The molecule has 2 atom stereocenters. The van der Waals surface area contributed by atoms with E-state index in [1.54, 1.807) is 20.8 Å². The largest absolute Gasteiger partial charge is 0.445 e. The lowest BCUT2D eigenvalue weighted by atomic mass is 10.1. The van der Waals surface area contributed by atoms with Gasteiger partial charge in [0, 0.05) is 0 Å². The Morgan fingerprint density at radius 2 is 1.67 bits per heavy atom. The summed E-state index contributed by atoms with van der Waals surface area (Å²) >= 11 is 0. The van der Waals surface area contributed by atoms with E-state index in [1.165, 1.54) is 6.92 Å². The van der Waals surface area contributed by atoms with Gasteiger partial charge in [0.1, 0.15) is 24.3 Å². The molecule has 11 heteroatoms. The fraction of sp³-hybridized carbons (Fsp3) is 0.500. The van der Waals surface area contributed by atoms with Gasteiger partial charge in [-0.3, -0.25) is 10.1 Å². The van der Waals surface area contributed by atoms with E-state index < -0.39 is 35.8 Å². The molecule has 2 aromatic rings. The number of anilines is 1. The maximum absolute atomic E-state index is 12.4. The Bertz CT molecular complexity index is 938. The molecule has 0 bridgehead atoms. The number of nitrogens with one attached hydrogen (secondary N) is 3. The van der Waals surface area contributed by atoms with Crippen LogP contribution in [0.5, 0.6) is 0 Å². The molecular formula is C22H31N5O6. The molecule has 0 aliphatic rings. The molecule has 0 aliphatic carbocycles. The van der Waals surface area contributed by atoms with Crippen LogP contribution in [0.25, 0.3) is 0 Å². The smallest absolute Gasteiger partial charge is 0.408 e. The van der Waals surface area contributed by atoms with E-state index >= 15 is 0 Å². The minimum absolute atomic E-state index is 0.0786. The van der Waals surface area contributed by atoms with Crippen molar-refractivity contribution in [3.63, 3.8) is 0 Å². The Balaban J connectivity index is 1.89. The maximum atomic E-state index is 12.4. The van der Waals surface area contributed by atoms with Gasteiger partial charge in [0.25, 0.3) is 0 Å². The zero-order chi connectivity index (χ0) is 24.6. The number of hydrogen-bond acceptors (Lipinski definition) is 8. The van der Waals surface area contributed by atoms with Crippen molar-refractivity contribution in [1.82, 2.24) is 20.8 Å². The van der Waals surface area contributed by atoms with Crippen LogP contribution in [-0.4, -0.2) is 39.9 Å². The summed E-state index contributed by atoms with van der Waals surface area (Å²) in [6.07, 6.45) is -1.37. The van der Waals surface area contributed by atoms with Crippen LogP contribution < -0.4 is 16.0 Å². The van der Waals surface area contributed by atoms with E-state index in [4.69, 9.17) is 13.9 Å². The first-order valence-electron chi connectivity index (χ1n) is 10.6. The third-order valence-electron chi connectivity index (χ3n) is 4.22. The minimum atomic E-state index is -0.926. The molecule has 0 fully saturated rings. The number of carbonyl (C=O) groups is 3. The van der Waals surface area contributed by atoms with Crippen molar-refractivity contribution in [3.05, 3.63) is 41.8 Å². The monoisotopic (exact) mass is 461 g/mol. The summed E-state index contributed by atoms with van der Waals surface area (Å²) in [6.45, 7) is 10.5. The van der Waals surface area contributed by atoms with Crippen molar-refractivity contribution in [2.45, 2.75) is 65.8 Å². The normalized spacial score (nSPS) is 13.1. The summed E-state index contributed by atoms with van der Waals surface area (Å²) in [7, 11) is 0. The van der Waals surface area contributed by atoms with Crippen molar-refractivity contribution in [1.29, 1.82) is 0 Å². The molecule has 11 nitrogen and oxygen atoms in total. The Kier molecular flexibility index (Phi) is 8.78. The van der Waals surface area contributed by atoms with Gasteiger partial charge in [0.15, 0.2) is 0 Å². The molecule has 0 saturated carbocycles. The van der Waals surface area contributed by atoms with E-state index in [2.05, 4.69) is 26.1 Å². The van der Waals surface area contributed by atoms with Gasteiger partial charge in [-0.1, -0.05) is 49.3 Å². The van der Waals surface area contributed by atoms with E-state index in [9.17, 15) is 14.4 Å². The van der Waals surface area contributed by atoms with Crippen molar-refractivity contribution in [2.75, 3.05) is 5.32 Å². The van der Waals surface area contributed by atoms with Gasteiger partial charge in [0.2, 0.25) is 11.8 Å². The number of rotatable bonds is 8. The lowest BCUT2D eigenvalue weighted by Crippen LogP contribution is -2.41. The molecule has 1 heterocycles. The van der Waals surface area contributed by atoms with E-state index in [0.29, 0.717) is 0 Å². The molecular weight excluding hydrogens is 430 g/mol. The first kappa shape index (κ1) is 25.6. The molecule has 0 saturated heterocycles. The van der Waals surface area contributed by atoms with Gasteiger partial charge in [0.05, 0.1) is 0 Å². The number of amides is 3. The average molecular weight is 462 g/mol. The molecule has 33 heavy (non-hydrogen) atoms. The van der Waals surface area contributed by atoms with Gasteiger partial charge in [-0.2, -0.15) is 0 Å². The van der Waals surface area contributed by atoms with Crippen LogP contribution in [-0.2, 0) is 20.9 Å². The predicted octanol–water partition coefficient (Wildman–Crippen LogP) is 3.54. The van der Waals surface area contributed by atoms with Gasteiger partial charge >= 0.3 is 18.2 Å². The van der Waals surface area contributed by atoms with E-state index in [1.807, 2.05) is 44.2 Å². The number of alkyl carbamates (subject to hydrolysis) is 2. The Morgan fingerprint density at radius 3 is 2.27 bits per heavy atom. The van der Waals surface area contributed by atoms with Crippen LogP contribution in [0.2, 0.25) is 0 Å². The molecule has 0 aliphatic heterocycles. The fourth-order valence-electron chi connectivity index (χ4n) is 2.58. The number of nitrogens with zero attached hydrogens (tertiary/aromatic N) is 2. The fourth-order valence-corrected chi connectivity index (χ4v) is 2.58. The van der Waals surface area contributed by atoms with Crippen molar-refractivity contribution in [3.8, 4) is 0 Å².